The Kier molecular flexibility index (Phi) is 4.37. The van der Waals surface area contributed by atoms with E-state index >= 15 is 0 Å². The molecule has 0 aromatic carbocycles. The van der Waals surface area contributed by atoms with Gasteiger partial charge in [0.1, 0.15) is 5.69 Å². The first-order valence-corrected chi connectivity index (χ1v) is 6.48. The highest BCUT2D eigenvalue weighted by Crippen LogP contribution is 2.20. The number of likely N-dealkylation sites (tertiary alicyclic amines) is 1. The van der Waals surface area contributed by atoms with Crippen molar-refractivity contribution in [2.45, 2.75) is 12.8 Å². The van der Waals surface area contributed by atoms with Gasteiger partial charge >= 0.3 is 5.97 Å². The Morgan fingerprint density at radius 1 is 1.37 bits per heavy atom. The molecule has 19 heavy (non-hydrogen) atoms. The van der Waals surface area contributed by atoms with E-state index in [0.717, 1.165) is 0 Å². The highest BCUT2D eigenvalue weighted by Gasteiger charge is 2.28. The van der Waals surface area contributed by atoms with Crippen LogP contribution in [-0.2, 0) is 9.53 Å². The van der Waals surface area contributed by atoms with Gasteiger partial charge in [-0.3, -0.25) is 9.59 Å². The first-order chi connectivity index (χ1) is 9.11. The number of esters is 1. The normalized spacial score (nSPS) is 16.2. The van der Waals surface area contributed by atoms with Crippen molar-refractivity contribution in [3.8, 4) is 0 Å². The number of aromatic nitrogens is 1. The number of methoxy groups -OCH3 is 1. The van der Waals surface area contributed by atoms with Crippen LogP contribution in [0.4, 0.5) is 0 Å². The Hall–Kier alpha value is -1.62. The Bertz CT molecular complexity index is 467. The summed E-state index contributed by atoms with van der Waals surface area (Å²) in [5.41, 5.74) is 0.376. The van der Waals surface area contributed by atoms with Crippen LogP contribution >= 0.6 is 11.6 Å². The van der Waals surface area contributed by atoms with E-state index in [-0.39, 0.29) is 17.8 Å². The average molecular weight is 283 g/mol. The van der Waals surface area contributed by atoms with Crippen molar-refractivity contribution in [1.82, 2.24) is 9.88 Å². The van der Waals surface area contributed by atoms with Crippen LogP contribution in [-0.4, -0.2) is 42.0 Å². The largest absolute Gasteiger partial charge is 0.469 e. The number of carbonyl (C=O) groups excluding carboxylic acids is 2. The van der Waals surface area contributed by atoms with Crippen LogP contribution in [0.15, 0.2) is 18.3 Å². The lowest BCUT2D eigenvalue weighted by atomic mass is 9.97. The van der Waals surface area contributed by atoms with Crippen molar-refractivity contribution in [1.29, 1.82) is 0 Å². The second-order valence-electron chi connectivity index (χ2n) is 4.45. The number of hydrogen-bond acceptors (Lipinski definition) is 4. The predicted octanol–water partition coefficient (Wildman–Crippen LogP) is 1.76. The quantitative estimate of drug-likeness (QED) is 0.776. The molecule has 0 N–H and O–H groups in total. The van der Waals surface area contributed by atoms with Gasteiger partial charge < -0.3 is 9.64 Å². The molecule has 1 fully saturated rings. The zero-order valence-corrected chi connectivity index (χ0v) is 11.4. The molecule has 0 aliphatic carbocycles. The number of amides is 1. The third-order valence-electron chi connectivity index (χ3n) is 3.26. The number of carbonyl (C=O) groups is 2. The topological polar surface area (TPSA) is 59.5 Å². The maximum Gasteiger partial charge on any atom is 0.308 e. The minimum atomic E-state index is -0.197. The van der Waals surface area contributed by atoms with Crippen LogP contribution < -0.4 is 0 Å². The highest BCUT2D eigenvalue weighted by molar-refractivity contribution is 6.30. The Morgan fingerprint density at radius 2 is 2.05 bits per heavy atom. The maximum atomic E-state index is 12.2. The number of hydrogen-bond donors (Lipinski definition) is 0. The van der Waals surface area contributed by atoms with Gasteiger partial charge in [-0.05, 0) is 25.0 Å². The molecule has 2 heterocycles. The molecular formula is C13H15ClN2O3. The van der Waals surface area contributed by atoms with Gasteiger partial charge in [0, 0.05) is 19.3 Å². The second-order valence-corrected chi connectivity index (χ2v) is 4.89. The van der Waals surface area contributed by atoms with Crippen molar-refractivity contribution < 1.29 is 14.3 Å². The van der Waals surface area contributed by atoms with Crippen molar-refractivity contribution >= 4 is 23.5 Å². The molecule has 1 aromatic rings. The third-order valence-corrected chi connectivity index (χ3v) is 3.49. The lowest BCUT2D eigenvalue weighted by Gasteiger charge is -2.30. The summed E-state index contributed by atoms with van der Waals surface area (Å²) in [6.45, 7) is 1.09. The molecule has 1 aromatic heterocycles. The van der Waals surface area contributed by atoms with Crippen LogP contribution in [0.25, 0.3) is 0 Å². The Balaban J connectivity index is 1.96. The van der Waals surface area contributed by atoms with E-state index < -0.39 is 0 Å². The molecule has 0 saturated carbocycles. The summed E-state index contributed by atoms with van der Waals surface area (Å²) in [4.78, 5) is 29.3. The summed E-state index contributed by atoms with van der Waals surface area (Å²) < 4.78 is 4.71. The molecular weight excluding hydrogens is 268 g/mol. The molecule has 0 radical (unpaired) electrons. The molecule has 1 aliphatic heterocycles. The van der Waals surface area contributed by atoms with Gasteiger partial charge in [0.2, 0.25) is 0 Å². The number of ether oxygens (including phenoxy) is 1. The molecule has 1 saturated heterocycles. The van der Waals surface area contributed by atoms with Gasteiger partial charge in [0.05, 0.1) is 18.1 Å². The number of rotatable bonds is 2. The van der Waals surface area contributed by atoms with Gasteiger partial charge in [-0.2, -0.15) is 0 Å². The number of pyridine rings is 1. The maximum absolute atomic E-state index is 12.2. The van der Waals surface area contributed by atoms with Gasteiger partial charge in [0.15, 0.2) is 0 Å². The van der Waals surface area contributed by atoms with Crippen molar-refractivity contribution in [2.75, 3.05) is 20.2 Å². The molecule has 0 unspecified atom stereocenters. The fourth-order valence-electron chi connectivity index (χ4n) is 2.15. The van der Waals surface area contributed by atoms with Crippen LogP contribution in [0.1, 0.15) is 23.3 Å². The van der Waals surface area contributed by atoms with Crippen molar-refractivity contribution in [3.05, 3.63) is 29.0 Å². The SMILES string of the molecule is COC(=O)C1CCN(C(=O)c2ccc(Cl)cn2)CC1. The summed E-state index contributed by atoms with van der Waals surface area (Å²) in [5.74, 6) is -0.427. The van der Waals surface area contributed by atoms with Crippen LogP contribution in [0.2, 0.25) is 5.02 Å². The summed E-state index contributed by atoms with van der Waals surface area (Å²) in [6, 6.07) is 3.25. The van der Waals surface area contributed by atoms with E-state index in [1.807, 2.05) is 0 Å². The number of halogens is 1. The highest BCUT2D eigenvalue weighted by atomic mass is 35.5. The summed E-state index contributed by atoms with van der Waals surface area (Å²) in [5, 5.41) is 0.501. The third kappa shape index (κ3) is 3.23. The Labute approximate surface area is 116 Å². The van der Waals surface area contributed by atoms with Gasteiger partial charge in [-0.1, -0.05) is 11.6 Å². The van der Waals surface area contributed by atoms with Crippen LogP contribution in [0.5, 0.6) is 0 Å². The van der Waals surface area contributed by atoms with Gasteiger partial charge in [-0.25, -0.2) is 4.98 Å². The van der Waals surface area contributed by atoms with Crippen molar-refractivity contribution in [3.63, 3.8) is 0 Å². The summed E-state index contributed by atoms with van der Waals surface area (Å²) >= 11 is 5.73. The molecule has 0 spiro atoms. The average Bonchev–Trinajstić information content (AvgIpc) is 2.46. The first-order valence-electron chi connectivity index (χ1n) is 6.10. The molecule has 6 heteroatoms. The first kappa shape index (κ1) is 13.8. The number of piperidine rings is 1. The van der Waals surface area contributed by atoms with E-state index in [1.165, 1.54) is 13.3 Å². The molecule has 0 bridgehead atoms. The molecule has 0 atom stereocenters. The van der Waals surface area contributed by atoms with Crippen LogP contribution in [0, 0.1) is 5.92 Å². The standard InChI is InChI=1S/C13H15ClN2O3/c1-19-13(18)9-4-6-16(7-5-9)12(17)11-3-2-10(14)8-15-11/h2-3,8-9H,4-7H2,1H3. The fourth-order valence-corrected chi connectivity index (χ4v) is 2.26. The second kappa shape index (κ2) is 6.02. The summed E-state index contributed by atoms with van der Waals surface area (Å²) in [7, 11) is 1.39. The molecule has 102 valence electrons. The van der Waals surface area contributed by atoms with Crippen LogP contribution in [0.3, 0.4) is 0 Å². The van der Waals surface area contributed by atoms with E-state index in [4.69, 9.17) is 16.3 Å². The molecule has 5 nitrogen and oxygen atoms in total. The zero-order chi connectivity index (χ0) is 13.8. The Morgan fingerprint density at radius 3 is 2.58 bits per heavy atom. The predicted molar refractivity (Wildman–Crippen MR) is 69.9 cm³/mol. The molecule has 2 rings (SSSR count). The van der Waals surface area contributed by atoms with Crippen molar-refractivity contribution in [2.24, 2.45) is 5.92 Å². The summed E-state index contributed by atoms with van der Waals surface area (Å²) in [6.07, 6.45) is 2.72. The lowest BCUT2D eigenvalue weighted by molar-refractivity contribution is -0.146. The van der Waals surface area contributed by atoms with E-state index in [0.29, 0.717) is 36.6 Å². The van der Waals surface area contributed by atoms with E-state index in [2.05, 4.69) is 4.98 Å². The zero-order valence-electron chi connectivity index (χ0n) is 10.6. The van der Waals surface area contributed by atoms with Gasteiger partial charge in [0.25, 0.3) is 5.91 Å². The minimum absolute atomic E-state index is 0.104. The monoisotopic (exact) mass is 282 g/mol. The van der Waals surface area contributed by atoms with E-state index in [1.54, 1.807) is 17.0 Å². The molecule has 1 aliphatic rings. The van der Waals surface area contributed by atoms with E-state index in [9.17, 15) is 9.59 Å². The fraction of sp³-hybridized carbons (Fsp3) is 0.462. The molecule has 1 amide bonds. The minimum Gasteiger partial charge on any atom is -0.469 e. The number of nitrogens with zero attached hydrogens (tertiary/aromatic N) is 2. The smallest absolute Gasteiger partial charge is 0.308 e. The van der Waals surface area contributed by atoms with Gasteiger partial charge in [-0.15, -0.1) is 0 Å². The lowest BCUT2D eigenvalue weighted by Crippen LogP contribution is -2.40.